The van der Waals surface area contributed by atoms with Gasteiger partial charge >= 0.3 is 5.69 Å². The molecule has 0 unspecified atom stereocenters. The number of nitrogens with one attached hydrogen (secondary N) is 1. The van der Waals surface area contributed by atoms with Crippen LogP contribution in [-0.2, 0) is 0 Å². The molecule has 0 fully saturated rings. The Morgan fingerprint density at radius 3 is 2.56 bits per heavy atom. The summed E-state index contributed by atoms with van der Waals surface area (Å²) in [5.74, 6) is 0.295. The van der Waals surface area contributed by atoms with Gasteiger partial charge in [0.05, 0.1) is 29.9 Å². The summed E-state index contributed by atoms with van der Waals surface area (Å²) in [5.41, 5.74) is 0.0452. The lowest BCUT2D eigenvalue weighted by molar-refractivity contribution is -0.383. The van der Waals surface area contributed by atoms with Crippen LogP contribution in [0.2, 0.25) is 0 Å². The van der Waals surface area contributed by atoms with Crippen molar-refractivity contribution in [1.29, 1.82) is 10.5 Å². The highest BCUT2D eigenvalue weighted by atomic mass is 16.6. The smallest absolute Gasteiger partial charge is 0.353 e. The summed E-state index contributed by atoms with van der Waals surface area (Å²) in [4.78, 5) is 19.9. The van der Waals surface area contributed by atoms with Crippen LogP contribution in [0, 0.1) is 32.8 Å². The fourth-order valence-electron chi connectivity index (χ4n) is 2.11. The van der Waals surface area contributed by atoms with Crippen molar-refractivity contribution in [3.05, 3.63) is 40.7 Å². The van der Waals surface area contributed by atoms with Crippen molar-refractivity contribution in [2.24, 2.45) is 0 Å². The fourth-order valence-corrected chi connectivity index (χ4v) is 2.11. The van der Waals surface area contributed by atoms with E-state index in [1.807, 2.05) is 12.1 Å². The predicted molar refractivity (Wildman–Crippen MR) is 88.4 cm³/mol. The number of anilines is 3. The average molecular weight is 339 g/mol. The first-order valence-electron chi connectivity index (χ1n) is 7.00. The molecule has 0 saturated carbocycles. The Labute approximate surface area is 143 Å². The normalized spacial score (nSPS) is 9.56. The summed E-state index contributed by atoms with van der Waals surface area (Å²) in [6.45, 7) is -0.445. The molecule has 0 aliphatic heterocycles. The molecule has 25 heavy (non-hydrogen) atoms. The van der Waals surface area contributed by atoms with Crippen LogP contribution in [0.4, 0.5) is 23.0 Å². The lowest BCUT2D eigenvalue weighted by Crippen LogP contribution is -2.26. The first-order valence-corrected chi connectivity index (χ1v) is 7.00. The van der Waals surface area contributed by atoms with Crippen molar-refractivity contribution in [1.82, 2.24) is 9.97 Å². The van der Waals surface area contributed by atoms with Crippen LogP contribution < -0.4 is 15.0 Å². The largest absolute Gasteiger partial charge is 0.495 e. The first-order chi connectivity index (χ1) is 12.1. The van der Waals surface area contributed by atoms with E-state index in [-0.39, 0.29) is 24.7 Å². The Balaban J connectivity index is 2.52. The number of rotatable bonds is 7. The van der Waals surface area contributed by atoms with E-state index in [4.69, 9.17) is 15.3 Å². The van der Waals surface area contributed by atoms with Gasteiger partial charge in [0, 0.05) is 0 Å². The van der Waals surface area contributed by atoms with Crippen molar-refractivity contribution in [3.63, 3.8) is 0 Å². The van der Waals surface area contributed by atoms with Crippen LogP contribution in [0.15, 0.2) is 30.6 Å². The molecule has 1 heterocycles. The van der Waals surface area contributed by atoms with Crippen LogP contribution in [0.25, 0.3) is 0 Å². The van der Waals surface area contributed by atoms with Crippen molar-refractivity contribution in [2.75, 3.05) is 30.4 Å². The first kappa shape index (κ1) is 17.4. The van der Waals surface area contributed by atoms with Gasteiger partial charge in [-0.15, -0.1) is 0 Å². The minimum atomic E-state index is -0.658. The van der Waals surface area contributed by atoms with Gasteiger partial charge in [0.15, 0.2) is 0 Å². The average Bonchev–Trinajstić information content (AvgIpc) is 2.61. The zero-order valence-electron chi connectivity index (χ0n) is 13.2. The third kappa shape index (κ3) is 3.89. The van der Waals surface area contributed by atoms with Crippen molar-refractivity contribution < 1.29 is 9.66 Å². The quantitative estimate of drug-likeness (QED) is 0.455. The van der Waals surface area contributed by atoms with Crippen LogP contribution in [0.1, 0.15) is 0 Å². The van der Waals surface area contributed by atoms with Gasteiger partial charge in [0.1, 0.15) is 25.2 Å². The van der Waals surface area contributed by atoms with Gasteiger partial charge in [0.2, 0.25) is 11.6 Å². The van der Waals surface area contributed by atoms with Crippen LogP contribution in [-0.4, -0.2) is 35.1 Å². The number of nitro groups is 1. The SMILES string of the molecule is COc1ccccc1Nc1ncnc(N(CC#N)CC#N)c1[N+](=O)[O-]. The number of hydrogen-bond acceptors (Lipinski definition) is 9. The summed E-state index contributed by atoms with van der Waals surface area (Å²) in [6.07, 6.45) is 1.13. The van der Waals surface area contributed by atoms with Crippen molar-refractivity contribution in [2.45, 2.75) is 0 Å². The highest BCUT2D eigenvalue weighted by molar-refractivity contribution is 5.76. The van der Waals surface area contributed by atoms with E-state index < -0.39 is 10.6 Å². The number of hydrogen-bond donors (Lipinski definition) is 1. The molecule has 10 heteroatoms. The molecule has 0 aliphatic rings. The van der Waals surface area contributed by atoms with Crippen molar-refractivity contribution in [3.8, 4) is 17.9 Å². The Bertz CT molecular complexity index is 841. The Morgan fingerprint density at radius 2 is 1.96 bits per heavy atom. The molecule has 0 saturated heterocycles. The number of para-hydroxylation sites is 2. The summed E-state index contributed by atoms with van der Waals surface area (Å²) in [5, 5.41) is 32.2. The Hall–Kier alpha value is -3.92. The standard InChI is InChI=1S/C15H13N7O3/c1-25-12-5-3-2-4-11(12)20-14-13(22(23)24)15(19-10-18-14)21(8-6-16)9-7-17/h2-5,10H,8-9H2,1H3,(H,18,19,20). The summed E-state index contributed by atoms with van der Waals surface area (Å²) in [7, 11) is 1.47. The molecule has 10 nitrogen and oxygen atoms in total. The summed E-state index contributed by atoms with van der Waals surface area (Å²) < 4.78 is 5.20. The van der Waals surface area contributed by atoms with Gasteiger partial charge in [-0.25, -0.2) is 9.97 Å². The molecule has 0 bridgehead atoms. The summed E-state index contributed by atoms with van der Waals surface area (Å²) >= 11 is 0. The maximum absolute atomic E-state index is 11.6. The number of methoxy groups -OCH3 is 1. The zero-order valence-corrected chi connectivity index (χ0v) is 13.2. The van der Waals surface area contributed by atoms with Gasteiger partial charge < -0.3 is 15.0 Å². The Kier molecular flexibility index (Phi) is 5.63. The lowest BCUT2D eigenvalue weighted by Gasteiger charge is -2.18. The zero-order chi connectivity index (χ0) is 18.2. The van der Waals surface area contributed by atoms with Gasteiger partial charge in [-0.3, -0.25) is 10.1 Å². The van der Waals surface area contributed by atoms with Gasteiger partial charge in [-0.1, -0.05) is 12.1 Å². The van der Waals surface area contributed by atoms with E-state index in [2.05, 4.69) is 15.3 Å². The van der Waals surface area contributed by atoms with E-state index in [9.17, 15) is 10.1 Å². The molecule has 2 rings (SSSR count). The Morgan fingerprint density at radius 1 is 1.28 bits per heavy atom. The maximum atomic E-state index is 11.6. The molecule has 2 aromatic rings. The molecule has 0 spiro atoms. The second-order valence-corrected chi connectivity index (χ2v) is 4.65. The number of nitriles is 2. The maximum Gasteiger partial charge on any atom is 0.353 e. The molecule has 0 atom stereocenters. The highest BCUT2D eigenvalue weighted by Gasteiger charge is 2.27. The fraction of sp³-hybridized carbons (Fsp3) is 0.200. The van der Waals surface area contributed by atoms with Gasteiger partial charge in [-0.2, -0.15) is 10.5 Å². The minimum absolute atomic E-state index is 0.0691. The topological polar surface area (TPSA) is 141 Å². The van der Waals surface area contributed by atoms with Gasteiger partial charge in [-0.05, 0) is 12.1 Å². The van der Waals surface area contributed by atoms with Crippen LogP contribution in [0.3, 0.4) is 0 Å². The molecule has 1 aromatic heterocycles. The molecule has 0 radical (unpaired) electrons. The van der Waals surface area contributed by atoms with E-state index >= 15 is 0 Å². The molecular weight excluding hydrogens is 326 g/mol. The summed E-state index contributed by atoms with van der Waals surface area (Å²) in [6, 6.07) is 10.6. The van der Waals surface area contributed by atoms with Gasteiger partial charge in [0.25, 0.3) is 0 Å². The highest BCUT2D eigenvalue weighted by Crippen LogP contribution is 2.35. The predicted octanol–water partition coefficient (Wildman–Crippen LogP) is 1.99. The van der Waals surface area contributed by atoms with E-state index in [0.29, 0.717) is 11.4 Å². The molecule has 0 amide bonds. The molecular formula is C15H13N7O3. The molecule has 126 valence electrons. The van der Waals surface area contributed by atoms with Crippen molar-refractivity contribution >= 4 is 23.0 Å². The number of nitrogens with zero attached hydrogens (tertiary/aromatic N) is 6. The second kappa shape index (κ2) is 8.08. The monoisotopic (exact) mass is 339 g/mol. The number of aromatic nitrogens is 2. The van der Waals surface area contributed by atoms with Crippen LogP contribution in [0.5, 0.6) is 5.75 Å². The number of ether oxygens (including phenoxy) is 1. The molecule has 1 aromatic carbocycles. The van der Waals surface area contributed by atoms with E-state index in [0.717, 1.165) is 6.33 Å². The lowest BCUT2D eigenvalue weighted by atomic mass is 10.3. The van der Waals surface area contributed by atoms with E-state index in [1.54, 1.807) is 24.3 Å². The molecule has 0 aliphatic carbocycles. The van der Waals surface area contributed by atoms with E-state index in [1.165, 1.54) is 12.0 Å². The third-order valence-corrected chi connectivity index (χ3v) is 3.17. The number of benzene rings is 1. The minimum Gasteiger partial charge on any atom is -0.495 e. The third-order valence-electron chi connectivity index (χ3n) is 3.17. The second-order valence-electron chi connectivity index (χ2n) is 4.65. The van der Waals surface area contributed by atoms with Crippen LogP contribution >= 0.6 is 0 Å². The molecule has 1 N–H and O–H groups in total.